The standard InChI is InChI=1S/C26H48N2O8/c1-17(2)13-33-23(29)11-21(25(31)35-15-19(5)6)27-9-10-28-22(26(32)36-16-20(7)8)12-24(30)34-14-18(3)4/h17-22,27-28H,9-16H2,1-8H3/t21-,22-/m0/s1. The van der Waals surface area contributed by atoms with Gasteiger partial charge in [-0.1, -0.05) is 55.4 Å². The predicted molar refractivity (Wildman–Crippen MR) is 136 cm³/mol. The molecule has 0 fully saturated rings. The number of ether oxygens (including phenoxy) is 4. The van der Waals surface area contributed by atoms with Gasteiger partial charge in [-0.25, -0.2) is 0 Å². The van der Waals surface area contributed by atoms with Crippen LogP contribution in [-0.4, -0.2) is 75.5 Å². The lowest BCUT2D eigenvalue weighted by Crippen LogP contribution is -2.47. The second-order valence-corrected chi connectivity index (χ2v) is 10.6. The van der Waals surface area contributed by atoms with Crippen LogP contribution in [0.25, 0.3) is 0 Å². The number of hydrogen-bond acceptors (Lipinski definition) is 10. The van der Waals surface area contributed by atoms with Gasteiger partial charge in [0, 0.05) is 13.1 Å². The molecule has 0 radical (unpaired) electrons. The molecule has 0 aliphatic rings. The molecular weight excluding hydrogens is 468 g/mol. The minimum Gasteiger partial charge on any atom is -0.465 e. The third kappa shape index (κ3) is 18.1. The van der Waals surface area contributed by atoms with Crippen LogP contribution in [-0.2, 0) is 38.1 Å². The van der Waals surface area contributed by atoms with E-state index < -0.39 is 36.0 Å². The van der Waals surface area contributed by atoms with Crippen molar-refractivity contribution in [3.05, 3.63) is 0 Å². The topological polar surface area (TPSA) is 129 Å². The number of nitrogens with one attached hydrogen (secondary N) is 2. The van der Waals surface area contributed by atoms with Crippen molar-refractivity contribution in [1.82, 2.24) is 10.6 Å². The van der Waals surface area contributed by atoms with Gasteiger partial charge >= 0.3 is 23.9 Å². The molecule has 10 heteroatoms. The van der Waals surface area contributed by atoms with Crippen molar-refractivity contribution < 1.29 is 38.1 Å². The van der Waals surface area contributed by atoms with Crippen LogP contribution in [0.3, 0.4) is 0 Å². The van der Waals surface area contributed by atoms with Crippen molar-refractivity contribution in [3.8, 4) is 0 Å². The molecule has 0 amide bonds. The van der Waals surface area contributed by atoms with Gasteiger partial charge in [0.05, 0.1) is 39.3 Å². The maximum absolute atomic E-state index is 12.5. The first kappa shape index (κ1) is 33.8. The molecule has 0 spiro atoms. The monoisotopic (exact) mass is 516 g/mol. The van der Waals surface area contributed by atoms with Gasteiger partial charge in [-0.15, -0.1) is 0 Å². The lowest BCUT2D eigenvalue weighted by molar-refractivity contribution is -0.154. The van der Waals surface area contributed by atoms with Crippen molar-refractivity contribution in [3.63, 3.8) is 0 Å². The largest absolute Gasteiger partial charge is 0.465 e. The van der Waals surface area contributed by atoms with E-state index in [1.165, 1.54) is 0 Å². The highest BCUT2D eigenvalue weighted by Crippen LogP contribution is 2.05. The number of hydrogen-bond donors (Lipinski definition) is 2. The Bertz CT molecular complexity index is 608. The fourth-order valence-electron chi connectivity index (χ4n) is 2.64. The SMILES string of the molecule is CC(C)COC(=O)C[C@H](NCCN[C@@H](CC(=O)OCC(C)C)C(=O)OCC(C)C)C(=O)OCC(C)C. The van der Waals surface area contributed by atoms with E-state index in [1.807, 2.05) is 55.4 Å². The summed E-state index contributed by atoms with van der Waals surface area (Å²) in [5.41, 5.74) is 0. The first-order chi connectivity index (χ1) is 16.8. The summed E-state index contributed by atoms with van der Waals surface area (Å²) in [7, 11) is 0. The highest BCUT2D eigenvalue weighted by molar-refractivity contribution is 5.83. The van der Waals surface area contributed by atoms with E-state index in [-0.39, 0.29) is 76.0 Å². The van der Waals surface area contributed by atoms with Crippen LogP contribution in [0.5, 0.6) is 0 Å². The summed E-state index contributed by atoms with van der Waals surface area (Å²) < 4.78 is 21.0. The molecule has 0 aromatic rings. The molecule has 0 heterocycles. The molecule has 0 saturated carbocycles. The zero-order valence-corrected chi connectivity index (χ0v) is 23.4. The molecule has 0 unspecified atom stereocenters. The fourth-order valence-corrected chi connectivity index (χ4v) is 2.64. The molecule has 0 saturated heterocycles. The van der Waals surface area contributed by atoms with E-state index in [0.29, 0.717) is 0 Å². The van der Waals surface area contributed by atoms with Gasteiger partial charge < -0.3 is 29.6 Å². The Kier molecular flexibility index (Phi) is 17.8. The van der Waals surface area contributed by atoms with E-state index >= 15 is 0 Å². The molecule has 0 aliphatic carbocycles. The van der Waals surface area contributed by atoms with Gasteiger partial charge in [0.25, 0.3) is 0 Å². The normalized spacial score (nSPS) is 13.1. The average molecular weight is 517 g/mol. The molecule has 0 rings (SSSR count). The smallest absolute Gasteiger partial charge is 0.323 e. The highest BCUT2D eigenvalue weighted by atomic mass is 16.5. The van der Waals surface area contributed by atoms with Gasteiger partial charge in [0.15, 0.2) is 0 Å². The van der Waals surface area contributed by atoms with Crippen LogP contribution in [0.1, 0.15) is 68.2 Å². The molecular formula is C26H48N2O8. The van der Waals surface area contributed by atoms with Crippen molar-refractivity contribution in [2.75, 3.05) is 39.5 Å². The van der Waals surface area contributed by atoms with Gasteiger partial charge in [-0.05, 0) is 23.7 Å². The summed E-state index contributed by atoms with van der Waals surface area (Å²) in [6.45, 7) is 16.8. The van der Waals surface area contributed by atoms with Crippen molar-refractivity contribution in [2.24, 2.45) is 23.7 Å². The van der Waals surface area contributed by atoms with Crippen LogP contribution < -0.4 is 10.6 Å². The van der Waals surface area contributed by atoms with Crippen molar-refractivity contribution in [2.45, 2.75) is 80.3 Å². The van der Waals surface area contributed by atoms with Crippen LogP contribution in [0.4, 0.5) is 0 Å². The molecule has 2 atom stereocenters. The molecule has 2 N–H and O–H groups in total. The van der Waals surface area contributed by atoms with Gasteiger partial charge in [-0.2, -0.15) is 0 Å². The lowest BCUT2D eigenvalue weighted by Gasteiger charge is -2.21. The third-order valence-electron chi connectivity index (χ3n) is 4.49. The van der Waals surface area contributed by atoms with Gasteiger partial charge in [-0.3, -0.25) is 19.2 Å². The van der Waals surface area contributed by atoms with Crippen molar-refractivity contribution >= 4 is 23.9 Å². The summed E-state index contributed by atoms with van der Waals surface area (Å²) in [6.07, 6.45) is -0.351. The Labute approximate surface area is 216 Å². The van der Waals surface area contributed by atoms with E-state index in [9.17, 15) is 19.2 Å². The second kappa shape index (κ2) is 19.0. The van der Waals surface area contributed by atoms with Crippen LogP contribution >= 0.6 is 0 Å². The maximum atomic E-state index is 12.5. The van der Waals surface area contributed by atoms with Crippen LogP contribution in [0.15, 0.2) is 0 Å². The molecule has 0 aliphatic heterocycles. The quantitative estimate of drug-likeness (QED) is 0.150. The van der Waals surface area contributed by atoms with E-state index in [1.54, 1.807) is 0 Å². The van der Waals surface area contributed by atoms with E-state index in [4.69, 9.17) is 18.9 Å². The molecule has 0 bridgehead atoms. The Morgan fingerprint density at radius 2 is 0.778 bits per heavy atom. The number of carbonyl (C=O) groups is 4. The summed E-state index contributed by atoms with van der Waals surface area (Å²) >= 11 is 0. The molecule has 10 nitrogen and oxygen atoms in total. The molecule has 0 aromatic carbocycles. The Morgan fingerprint density at radius 1 is 0.500 bits per heavy atom. The van der Waals surface area contributed by atoms with E-state index in [0.717, 1.165) is 0 Å². The highest BCUT2D eigenvalue weighted by Gasteiger charge is 2.26. The second-order valence-electron chi connectivity index (χ2n) is 10.6. The first-order valence-electron chi connectivity index (χ1n) is 12.9. The summed E-state index contributed by atoms with van der Waals surface area (Å²) in [5.74, 6) is -1.44. The number of rotatable bonds is 19. The molecule has 210 valence electrons. The predicted octanol–water partition coefficient (Wildman–Crippen LogP) is 2.48. The maximum Gasteiger partial charge on any atom is 0.323 e. The Morgan fingerprint density at radius 3 is 1.06 bits per heavy atom. The zero-order chi connectivity index (χ0) is 27.7. The first-order valence-corrected chi connectivity index (χ1v) is 12.9. The summed E-state index contributed by atoms with van der Waals surface area (Å²) in [5, 5.41) is 5.99. The lowest BCUT2D eigenvalue weighted by atomic mass is 10.2. The van der Waals surface area contributed by atoms with Crippen LogP contribution in [0.2, 0.25) is 0 Å². The Hall–Kier alpha value is -2.20. The fraction of sp³-hybridized carbons (Fsp3) is 0.846. The molecule has 36 heavy (non-hydrogen) atoms. The number of esters is 4. The minimum atomic E-state index is -0.896. The Balaban J connectivity index is 5.01. The van der Waals surface area contributed by atoms with Gasteiger partial charge in [0.1, 0.15) is 12.1 Å². The number of carbonyl (C=O) groups excluding carboxylic acids is 4. The molecule has 0 aromatic heterocycles. The summed E-state index contributed by atoms with van der Waals surface area (Å²) in [4.78, 5) is 49.4. The average Bonchev–Trinajstić information content (AvgIpc) is 2.79. The van der Waals surface area contributed by atoms with Crippen LogP contribution in [0, 0.1) is 23.7 Å². The van der Waals surface area contributed by atoms with Gasteiger partial charge in [0.2, 0.25) is 0 Å². The summed E-state index contributed by atoms with van der Waals surface area (Å²) in [6, 6.07) is -1.79. The zero-order valence-electron chi connectivity index (χ0n) is 23.4. The van der Waals surface area contributed by atoms with Crippen molar-refractivity contribution in [1.29, 1.82) is 0 Å². The minimum absolute atomic E-state index is 0.150. The van der Waals surface area contributed by atoms with E-state index in [2.05, 4.69) is 10.6 Å². The third-order valence-corrected chi connectivity index (χ3v) is 4.49.